The first-order valence-corrected chi connectivity index (χ1v) is 9.63. The molecular formula is C21H31NO5. The average molecular weight is 377 g/mol. The Balaban J connectivity index is 2.64. The van der Waals surface area contributed by atoms with Crippen molar-refractivity contribution in [2.24, 2.45) is 0 Å². The van der Waals surface area contributed by atoms with Crippen LogP contribution >= 0.6 is 0 Å². The van der Waals surface area contributed by atoms with Gasteiger partial charge in [0.15, 0.2) is 11.5 Å². The van der Waals surface area contributed by atoms with Crippen LogP contribution in [0.15, 0.2) is 18.2 Å². The number of benzene rings is 1. The molecule has 1 atom stereocenters. The Kier molecular flexibility index (Phi) is 10.2. The summed E-state index contributed by atoms with van der Waals surface area (Å²) >= 11 is 0. The maximum atomic E-state index is 12.4. The van der Waals surface area contributed by atoms with Crippen molar-refractivity contribution >= 4 is 17.8 Å². The molecule has 0 radical (unpaired) electrons. The van der Waals surface area contributed by atoms with Gasteiger partial charge >= 0.3 is 11.9 Å². The zero-order valence-electron chi connectivity index (χ0n) is 16.8. The predicted molar refractivity (Wildman–Crippen MR) is 104 cm³/mol. The summed E-state index contributed by atoms with van der Waals surface area (Å²) in [5.74, 6) is -1.25. The maximum Gasteiger partial charge on any atom is 0.308 e. The van der Waals surface area contributed by atoms with E-state index in [1.807, 2.05) is 0 Å². The largest absolute Gasteiger partial charge is 0.423 e. The number of nitrogens with one attached hydrogen (secondary N) is 1. The number of unbranched alkanes of at least 4 members (excludes halogenated alkanes) is 5. The fraction of sp³-hybridized carbons (Fsp3) is 0.571. The molecule has 0 aromatic heterocycles. The Bertz CT molecular complexity index is 641. The molecule has 6 heteroatoms. The van der Waals surface area contributed by atoms with Crippen LogP contribution in [-0.4, -0.2) is 24.4 Å². The molecule has 0 bridgehead atoms. The van der Waals surface area contributed by atoms with E-state index in [9.17, 15) is 14.4 Å². The molecule has 0 spiro atoms. The van der Waals surface area contributed by atoms with Crippen LogP contribution in [0.25, 0.3) is 0 Å². The molecule has 1 amide bonds. The molecule has 0 aliphatic carbocycles. The third-order valence-electron chi connectivity index (χ3n) is 4.20. The van der Waals surface area contributed by atoms with Crippen molar-refractivity contribution in [3.05, 3.63) is 23.8 Å². The minimum atomic E-state index is -0.527. The van der Waals surface area contributed by atoms with Crippen molar-refractivity contribution in [3.8, 4) is 11.5 Å². The van der Waals surface area contributed by atoms with Crippen LogP contribution in [0.4, 0.5) is 0 Å². The summed E-state index contributed by atoms with van der Waals surface area (Å²) in [6, 6.07) is 4.79. The lowest BCUT2D eigenvalue weighted by molar-refractivity contribution is -0.134. The molecule has 0 fully saturated rings. The Labute approximate surface area is 161 Å². The molecule has 1 rings (SSSR count). The first kappa shape index (κ1) is 22.7. The van der Waals surface area contributed by atoms with Crippen LogP contribution in [0, 0.1) is 0 Å². The smallest absolute Gasteiger partial charge is 0.308 e. The molecule has 150 valence electrons. The molecule has 1 unspecified atom stereocenters. The summed E-state index contributed by atoms with van der Waals surface area (Å²) in [7, 11) is 0. The van der Waals surface area contributed by atoms with Crippen molar-refractivity contribution in [1.82, 2.24) is 5.32 Å². The summed E-state index contributed by atoms with van der Waals surface area (Å²) in [6.45, 7) is 7.16. The van der Waals surface area contributed by atoms with Crippen LogP contribution < -0.4 is 14.8 Å². The third-order valence-corrected chi connectivity index (χ3v) is 4.20. The lowest BCUT2D eigenvalue weighted by atomic mass is 9.99. The molecular weight excluding hydrogens is 346 g/mol. The Morgan fingerprint density at radius 3 is 2.15 bits per heavy atom. The highest BCUT2D eigenvalue weighted by Crippen LogP contribution is 2.31. The van der Waals surface area contributed by atoms with Crippen LogP contribution in [0.1, 0.15) is 77.7 Å². The minimum Gasteiger partial charge on any atom is -0.423 e. The molecule has 1 aromatic rings. The van der Waals surface area contributed by atoms with Crippen LogP contribution in [0.5, 0.6) is 11.5 Å². The summed E-state index contributed by atoms with van der Waals surface area (Å²) in [5, 5.41) is 2.95. The van der Waals surface area contributed by atoms with E-state index in [4.69, 9.17) is 9.47 Å². The number of ether oxygens (including phenoxy) is 2. The van der Waals surface area contributed by atoms with Gasteiger partial charge < -0.3 is 14.8 Å². The monoisotopic (exact) mass is 377 g/mol. The topological polar surface area (TPSA) is 81.7 Å². The maximum absolute atomic E-state index is 12.4. The summed E-state index contributed by atoms with van der Waals surface area (Å²) in [6.07, 6.45) is 7.00. The highest BCUT2D eigenvalue weighted by molar-refractivity contribution is 5.83. The first-order valence-electron chi connectivity index (χ1n) is 9.63. The predicted octanol–water partition coefficient (Wildman–Crippen LogP) is 4.12. The highest BCUT2D eigenvalue weighted by atomic mass is 16.6. The number of rotatable bonds is 11. The number of carbonyl (C=O) groups is 3. The van der Waals surface area contributed by atoms with E-state index in [2.05, 4.69) is 12.2 Å². The van der Waals surface area contributed by atoms with Crippen LogP contribution in [0.2, 0.25) is 0 Å². The van der Waals surface area contributed by atoms with Gasteiger partial charge in [0.25, 0.3) is 0 Å². The fourth-order valence-electron chi connectivity index (χ4n) is 2.69. The zero-order chi connectivity index (χ0) is 20.2. The number of hydrogen-bond donors (Lipinski definition) is 1. The number of hydrogen-bond acceptors (Lipinski definition) is 5. The van der Waals surface area contributed by atoms with Gasteiger partial charge in [-0.15, -0.1) is 0 Å². The van der Waals surface area contributed by atoms with Gasteiger partial charge in [0.05, 0.1) is 5.92 Å². The molecule has 0 aliphatic rings. The van der Waals surface area contributed by atoms with E-state index in [0.717, 1.165) is 12.8 Å². The fourth-order valence-corrected chi connectivity index (χ4v) is 2.69. The van der Waals surface area contributed by atoms with Gasteiger partial charge in [-0.3, -0.25) is 14.4 Å². The van der Waals surface area contributed by atoms with Crippen molar-refractivity contribution in [3.63, 3.8) is 0 Å². The second-order valence-corrected chi connectivity index (χ2v) is 6.67. The average Bonchev–Trinajstić information content (AvgIpc) is 2.60. The standard InChI is InChI=1S/C21H31NO5/c1-5-6-7-8-9-10-13-22-21(25)15(2)18-11-12-19(26-16(3)23)20(14-18)27-17(4)24/h11-12,14-15H,5-10,13H2,1-4H3,(H,22,25). The molecule has 27 heavy (non-hydrogen) atoms. The van der Waals surface area contributed by atoms with E-state index >= 15 is 0 Å². The van der Waals surface area contributed by atoms with E-state index in [1.54, 1.807) is 19.1 Å². The molecule has 1 N–H and O–H groups in total. The normalized spacial score (nSPS) is 11.6. The van der Waals surface area contributed by atoms with E-state index in [1.165, 1.54) is 45.6 Å². The van der Waals surface area contributed by atoms with Crippen LogP contribution in [-0.2, 0) is 14.4 Å². The highest BCUT2D eigenvalue weighted by Gasteiger charge is 2.18. The van der Waals surface area contributed by atoms with Gasteiger partial charge in [0.1, 0.15) is 0 Å². The Morgan fingerprint density at radius 1 is 0.926 bits per heavy atom. The first-order chi connectivity index (χ1) is 12.8. The van der Waals surface area contributed by atoms with Crippen molar-refractivity contribution in [2.75, 3.05) is 6.54 Å². The van der Waals surface area contributed by atoms with Crippen molar-refractivity contribution in [1.29, 1.82) is 0 Å². The summed E-state index contributed by atoms with van der Waals surface area (Å²) < 4.78 is 10.2. The van der Waals surface area contributed by atoms with E-state index in [0.29, 0.717) is 12.1 Å². The SMILES string of the molecule is CCCCCCCCNC(=O)C(C)c1ccc(OC(C)=O)c(OC(C)=O)c1. The van der Waals surface area contributed by atoms with Gasteiger partial charge in [0, 0.05) is 20.4 Å². The van der Waals surface area contributed by atoms with Gasteiger partial charge in [-0.25, -0.2) is 0 Å². The van der Waals surface area contributed by atoms with Gasteiger partial charge in [-0.1, -0.05) is 45.1 Å². The van der Waals surface area contributed by atoms with Gasteiger partial charge in [-0.05, 0) is 31.0 Å². The molecule has 0 saturated heterocycles. The minimum absolute atomic E-state index is 0.0856. The zero-order valence-corrected chi connectivity index (χ0v) is 16.8. The number of esters is 2. The number of carbonyl (C=O) groups excluding carboxylic acids is 3. The third kappa shape index (κ3) is 8.71. The summed E-state index contributed by atoms with van der Waals surface area (Å²) in [4.78, 5) is 34.8. The molecule has 1 aromatic carbocycles. The molecule has 6 nitrogen and oxygen atoms in total. The molecule has 0 aliphatic heterocycles. The number of amides is 1. The Morgan fingerprint density at radius 2 is 1.52 bits per heavy atom. The van der Waals surface area contributed by atoms with Gasteiger partial charge in [0.2, 0.25) is 5.91 Å². The lowest BCUT2D eigenvalue weighted by Crippen LogP contribution is -2.28. The second kappa shape index (κ2) is 12.1. The lowest BCUT2D eigenvalue weighted by Gasteiger charge is -2.15. The second-order valence-electron chi connectivity index (χ2n) is 6.67. The summed E-state index contributed by atoms with van der Waals surface area (Å²) in [5.41, 5.74) is 0.683. The van der Waals surface area contributed by atoms with Crippen LogP contribution in [0.3, 0.4) is 0 Å². The Hall–Kier alpha value is -2.37. The quantitative estimate of drug-likeness (QED) is 0.356. The van der Waals surface area contributed by atoms with E-state index in [-0.39, 0.29) is 17.4 Å². The van der Waals surface area contributed by atoms with Crippen molar-refractivity contribution in [2.45, 2.75) is 72.1 Å². The van der Waals surface area contributed by atoms with Crippen molar-refractivity contribution < 1.29 is 23.9 Å². The van der Waals surface area contributed by atoms with Gasteiger partial charge in [-0.2, -0.15) is 0 Å². The van der Waals surface area contributed by atoms with E-state index < -0.39 is 17.9 Å². The molecule has 0 heterocycles. The molecule has 0 saturated carbocycles.